The van der Waals surface area contributed by atoms with Gasteiger partial charge in [-0.25, -0.2) is 0 Å². The molecule has 0 saturated carbocycles. The molecular weight excluding hydrogens is 509 g/mol. The summed E-state index contributed by atoms with van der Waals surface area (Å²) in [6.45, 7) is 1.43. The number of hydrogen-bond donors (Lipinski definition) is 3. The van der Waals surface area contributed by atoms with Crippen molar-refractivity contribution in [1.82, 2.24) is 4.90 Å². The van der Waals surface area contributed by atoms with Crippen molar-refractivity contribution in [3.8, 4) is 0 Å². The van der Waals surface area contributed by atoms with E-state index < -0.39 is 17.6 Å². The van der Waals surface area contributed by atoms with Crippen molar-refractivity contribution in [1.29, 1.82) is 0 Å². The molecule has 0 unspecified atom stereocenters. The molecule has 1 saturated heterocycles. The molecule has 39 heavy (non-hydrogen) atoms. The highest BCUT2D eigenvalue weighted by Gasteiger charge is 2.30. The quantitative estimate of drug-likeness (QED) is 0.343. The number of hydrogen-bond acceptors (Lipinski definition) is 4. The Balaban J connectivity index is 1.29. The van der Waals surface area contributed by atoms with Gasteiger partial charge in [0.2, 0.25) is 5.91 Å². The van der Waals surface area contributed by atoms with E-state index in [0.29, 0.717) is 16.9 Å². The molecule has 0 spiro atoms. The molecule has 204 valence electrons. The topological polar surface area (TPSA) is 90.5 Å². The average Bonchev–Trinajstić information content (AvgIpc) is 3.22. The van der Waals surface area contributed by atoms with E-state index in [2.05, 4.69) is 16.0 Å². The molecule has 1 aliphatic heterocycles. The molecule has 0 radical (unpaired) electrons. The number of benzene rings is 3. The van der Waals surface area contributed by atoms with Gasteiger partial charge in [-0.3, -0.25) is 14.4 Å². The van der Waals surface area contributed by atoms with E-state index in [-0.39, 0.29) is 29.6 Å². The summed E-state index contributed by atoms with van der Waals surface area (Å²) >= 11 is 0. The molecule has 3 N–H and O–H groups in total. The molecular formula is C29H29F3N4O3. The van der Waals surface area contributed by atoms with Gasteiger partial charge in [0.05, 0.1) is 12.1 Å². The number of likely N-dealkylation sites (tertiary alicyclic amines) is 1. The number of nitrogens with one attached hydrogen (secondary N) is 3. The minimum Gasteiger partial charge on any atom is -0.376 e. The third-order valence-electron chi connectivity index (χ3n) is 6.33. The number of carbonyl (C=O) groups excluding carboxylic acids is 3. The number of halogens is 3. The molecule has 0 aliphatic carbocycles. The van der Waals surface area contributed by atoms with E-state index in [0.717, 1.165) is 50.9 Å². The summed E-state index contributed by atoms with van der Waals surface area (Å²) in [6, 6.07) is 17.4. The van der Waals surface area contributed by atoms with E-state index in [1.54, 1.807) is 36.4 Å². The first-order valence-corrected chi connectivity index (χ1v) is 12.7. The summed E-state index contributed by atoms with van der Waals surface area (Å²) < 4.78 is 38.8. The van der Waals surface area contributed by atoms with Crippen LogP contribution < -0.4 is 16.0 Å². The Bertz CT molecular complexity index is 1320. The van der Waals surface area contributed by atoms with Gasteiger partial charge >= 0.3 is 6.18 Å². The zero-order valence-corrected chi connectivity index (χ0v) is 21.2. The molecule has 10 heteroatoms. The Morgan fingerprint density at radius 1 is 0.718 bits per heavy atom. The van der Waals surface area contributed by atoms with E-state index in [1.807, 2.05) is 4.90 Å². The first-order chi connectivity index (χ1) is 18.7. The number of nitrogens with zero attached hydrogens (tertiary/aromatic N) is 1. The fraction of sp³-hybridized carbons (Fsp3) is 0.276. The van der Waals surface area contributed by atoms with Crippen molar-refractivity contribution < 1.29 is 27.6 Å². The Morgan fingerprint density at radius 3 is 2.08 bits per heavy atom. The van der Waals surface area contributed by atoms with Crippen molar-refractivity contribution in [2.24, 2.45) is 0 Å². The Kier molecular flexibility index (Phi) is 8.85. The van der Waals surface area contributed by atoms with Crippen molar-refractivity contribution in [3.05, 3.63) is 89.5 Å². The van der Waals surface area contributed by atoms with Crippen molar-refractivity contribution in [3.63, 3.8) is 0 Å². The number of anilines is 3. The normalized spacial score (nSPS) is 13.8. The Labute approximate surface area is 224 Å². The van der Waals surface area contributed by atoms with Crippen molar-refractivity contribution >= 4 is 34.8 Å². The molecule has 3 aromatic rings. The third-order valence-corrected chi connectivity index (χ3v) is 6.33. The van der Waals surface area contributed by atoms with Crippen LogP contribution in [0.3, 0.4) is 0 Å². The van der Waals surface area contributed by atoms with Crippen LogP contribution in [-0.4, -0.2) is 42.3 Å². The Morgan fingerprint density at radius 2 is 1.38 bits per heavy atom. The molecule has 3 amide bonds. The lowest BCUT2D eigenvalue weighted by molar-refractivity contribution is -0.137. The summed E-state index contributed by atoms with van der Waals surface area (Å²) in [5, 5.41) is 8.15. The minimum atomic E-state index is -4.52. The van der Waals surface area contributed by atoms with Crippen LogP contribution in [0.1, 0.15) is 52.0 Å². The van der Waals surface area contributed by atoms with Crippen LogP contribution in [0.4, 0.5) is 30.2 Å². The number of rotatable bonds is 7. The fourth-order valence-corrected chi connectivity index (χ4v) is 4.29. The Hall–Kier alpha value is -4.34. The second-order valence-electron chi connectivity index (χ2n) is 9.30. The van der Waals surface area contributed by atoms with Gasteiger partial charge in [0.15, 0.2) is 0 Å². The van der Waals surface area contributed by atoms with Crippen LogP contribution in [0.25, 0.3) is 0 Å². The summed E-state index contributed by atoms with van der Waals surface area (Å²) in [6.07, 6.45) is -0.218. The van der Waals surface area contributed by atoms with Gasteiger partial charge in [-0.2, -0.15) is 13.2 Å². The maximum absolute atomic E-state index is 12.9. The number of alkyl halides is 3. The highest BCUT2D eigenvalue weighted by atomic mass is 19.4. The minimum absolute atomic E-state index is 0.00609. The molecule has 1 aliphatic rings. The van der Waals surface area contributed by atoms with Crippen LogP contribution in [0, 0.1) is 0 Å². The molecule has 4 rings (SSSR count). The highest BCUT2D eigenvalue weighted by molar-refractivity contribution is 6.05. The lowest BCUT2D eigenvalue weighted by atomic mass is 10.1. The molecule has 3 aromatic carbocycles. The van der Waals surface area contributed by atoms with Gasteiger partial charge in [-0.05, 0) is 73.5 Å². The van der Waals surface area contributed by atoms with E-state index in [4.69, 9.17) is 0 Å². The van der Waals surface area contributed by atoms with Crippen LogP contribution in [0.15, 0.2) is 72.8 Å². The number of carbonyl (C=O) groups is 3. The van der Waals surface area contributed by atoms with Gasteiger partial charge < -0.3 is 20.9 Å². The average molecular weight is 539 g/mol. The monoisotopic (exact) mass is 538 g/mol. The van der Waals surface area contributed by atoms with Crippen molar-refractivity contribution in [2.75, 3.05) is 35.6 Å². The molecule has 7 nitrogen and oxygen atoms in total. The van der Waals surface area contributed by atoms with Crippen LogP contribution in [0.5, 0.6) is 0 Å². The van der Waals surface area contributed by atoms with E-state index in [1.165, 1.54) is 24.3 Å². The maximum Gasteiger partial charge on any atom is 0.416 e. The standard InChI is InChI=1S/C29H29F3N4O3/c30-29(31,32)22-8-6-10-25(18-22)35-27(38)21-7-5-9-24(17-21)33-19-26(37)34-23-13-11-20(12-14-23)28(39)36-15-3-1-2-4-16-36/h5-14,17-18,33H,1-4,15-16,19H2,(H,34,37)(H,35,38). The first-order valence-electron chi connectivity index (χ1n) is 12.7. The molecule has 1 heterocycles. The third kappa shape index (κ3) is 7.83. The van der Waals surface area contributed by atoms with Gasteiger partial charge in [0.1, 0.15) is 0 Å². The van der Waals surface area contributed by atoms with Crippen LogP contribution in [0.2, 0.25) is 0 Å². The summed E-state index contributed by atoms with van der Waals surface area (Å²) in [5.74, 6) is -0.925. The molecule has 0 atom stereocenters. The van der Waals surface area contributed by atoms with E-state index >= 15 is 0 Å². The summed E-state index contributed by atoms with van der Waals surface area (Å²) in [4.78, 5) is 39.6. The summed E-state index contributed by atoms with van der Waals surface area (Å²) in [5.41, 5.74) is 0.978. The highest BCUT2D eigenvalue weighted by Crippen LogP contribution is 2.30. The number of amides is 3. The lowest BCUT2D eigenvalue weighted by Crippen LogP contribution is -2.31. The second kappa shape index (κ2) is 12.5. The predicted octanol–water partition coefficient (Wildman–Crippen LogP) is 6.02. The molecule has 0 aromatic heterocycles. The van der Waals surface area contributed by atoms with Gasteiger partial charge in [-0.15, -0.1) is 0 Å². The zero-order valence-electron chi connectivity index (χ0n) is 21.2. The van der Waals surface area contributed by atoms with Gasteiger partial charge in [0, 0.05) is 41.3 Å². The maximum atomic E-state index is 12.9. The lowest BCUT2D eigenvalue weighted by Gasteiger charge is -2.20. The summed E-state index contributed by atoms with van der Waals surface area (Å²) in [7, 11) is 0. The van der Waals surface area contributed by atoms with Crippen LogP contribution in [-0.2, 0) is 11.0 Å². The van der Waals surface area contributed by atoms with Crippen molar-refractivity contribution in [2.45, 2.75) is 31.9 Å². The van der Waals surface area contributed by atoms with E-state index in [9.17, 15) is 27.6 Å². The van der Waals surface area contributed by atoms with Crippen LogP contribution >= 0.6 is 0 Å². The smallest absolute Gasteiger partial charge is 0.376 e. The van der Waals surface area contributed by atoms with Gasteiger partial charge in [0.25, 0.3) is 11.8 Å². The second-order valence-corrected chi connectivity index (χ2v) is 9.30. The van der Waals surface area contributed by atoms with Gasteiger partial charge in [-0.1, -0.05) is 25.0 Å². The first kappa shape index (κ1) is 27.7. The molecule has 0 bridgehead atoms. The fourth-order valence-electron chi connectivity index (χ4n) is 4.29. The SMILES string of the molecule is O=C(CNc1cccc(C(=O)Nc2cccc(C(F)(F)F)c2)c1)Nc1ccc(C(=O)N2CCCCCC2)cc1. The zero-order chi connectivity index (χ0) is 27.8. The predicted molar refractivity (Wildman–Crippen MR) is 144 cm³/mol. The largest absolute Gasteiger partial charge is 0.416 e. The molecule has 1 fully saturated rings.